The van der Waals surface area contributed by atoms with E-state index in [0.29, 0.717) is 48.4 Å². The zero-order chi connectivity index (χ0) is 18.7. The van der Waals surface area contributed by atoms with E-state index in [1.54, 1.807) is 18.2 Å². The van der Waals surface area contributed by atoms with E-state index in [2.05, 4.69) is 5.32 Å². The van der Waals surface area contributed by atoms with Crippen LogP contribution in [0.4, 0.5) is 0 Å². The number of hydrogen-bond donors (Lipinski definition) is 2. The van der Waals surface area contributed by atoms with Crippen molar-refractivity contribution in [2.24, 2.45) is 11.1 Å². The van der Waals surface area contributed by atoms with E-state index < -0.39 is 5.54 Å². The Bertz CT molecular complexity index is 628. The van der Waals surface area contributed by atoms with Crippen LogP contribution >= 0.6 is 35.6 Å². The molecule has 1 amide bonds. The highest BCUT2D eigenvalue weighted by Crippen LogP contribution is 2.49. The monoisotopic (exact) mass is 424 g/mol. The molecular formula is C18H27Cl3N2O3. The van der Waals surface area contributed by atoms with E-state index in [9.17, 15) is 4.79 Å². The van der Waals surface area contributed by atoms with Crippen molar-refractivity contribution < 1.29 is 14.3 Å². The van der Waals surface area contributed by atoms with Gasteiger partial charge in [0.2, 0.25) is 5.91 Å². The number of hydrogen-bond acceptors (Lipinski definition) is 4. The lowest BCUT2D eigenvalue weighted by atomic mass is 9.54. The van der Waals surface area contributed by atoms with E-state index >= 15 is 0 Å². The van der Waals surface area contributed by atoms with Gasteiger partial charge in [0.25, 0.3) is 0 Å². The van der Waals surface area contributed by atoms with Crippen LogP contribution in [-0.2, 0) is 9.53 Å². The first kappa shape index (κ1) is 23.3. The van der Waals surface area contributed by atoms with Gasteiger partial charge in [-0.2, -0.15) is 0 Å². The molecule has 0 aliphatic heterocycles. The highest BCUT2D eigenvalue weighted by molar-refractivity contribution is 6.35. The normalized spacial score (nSPS) is 23.5. The number of amides is 1. The van der Waals surface area contributed by atoms with E-state index in [1.807, 2.05) is 20.8 Å². The topological polar surface area (TPSA) is 73.6 Å². The third-order valence-corrected chi connectivity index (χ3v) is 5.52. The molecule has 3 N–H and O–H groups in total. The van der Waals surface area contributed by atoms with Gasteiger partial charge < -0.3 is 20.5 Å². The summed E-state index contributed by atoms with van der Waals surface area (Å²) in [6.07, 6.45) is 1.20. The average molecular weight is 426 g/mol. The van der Waals surface area contributed by atoms with E-state index in [4.69, 9.17) is 38.4 Å². The lowest BCUT2D eigenvalue weighted by Crippen LogP contribution is -2.75. The lowest BCUT2D eigenvalue weighted by Gasteiger charge is -2.57. The molecule has 1 aliphatic carbocycles. The van der Waals surface area contributed by atoms with E-state index in [0.717, 1.165) is 0 Å². The molecule has 1 saturated carbocycles. The maximum atomic E-state index is 12.5. The number of carbonyl (C=O) groups is 1. The minimum atomic E-state index is -0.896. The van der Waals surface area contributed by atoms with E-state index in [-0.39, 0.29) is 29.8 Å². The van der Waals surface area contributed by atoms with Gasteiger partial charge >= 0.3 is 0 Å². The Morgan fingerprint density at radius 1 is 1.38 bits per heavy atom. The summed E-state index contributed by atoms with van der Waals surface area (Å²) >= 11 is 11.9. The molecule has 2 rings (SSSR count). The van der Waals surface area contributed by atoms with E-state index in [1.165, 1.54) is 0 Å². The first-order chi connectivity index (χ1) is 11.7. The molecule has 0 spiro atoms. The molecule has 0 radical (unpaired) electrons. The number of carbonyl (C=O) groups excluding carboxylic acids is 1. The van der Waals surface area contributed by atoms with Gasteiger partial charge in [-0.05, 0) is 31.5 Å². The second-order valence-electron chi connectivity index (χ2n) is 6.87. The van der Waals surface area contributed by atoms with Crippen molar-refractivity contribution >= 4 is 41.5 Å². The molecule has 26 heavy (non-hydrogen) atoms. The third-order valence-electron chi connectivity index (χ3n) is 4.99. The molecule has 8 heteroatoms. The lowest BCUT2D eigenvalue weighted by molar-refractivity contribution is -0.170. The largest absolute Gasteiger partial charge is 0.492 e. The molecule has 1 aromatic rings. The Balaban J connectivity index is 0.00000338. The van der Waals surface area contributed by atoms with Gasteiger partial charge in [0.15, 0.2) is 0 Å². The zero-order valence-corrected chi connectivity index (χ0v) is 17.6. The van der Waals surface area contributed by atoms with Crippen LogP contribution in [0.1, 0.15) is 33.6 Å². The zero-order valence-electron chi connectivity index (χ0n) is 15.3. The van der Waals surface area contributed by atoms with Crippen molar-refractivity contribution in [1.29, 1.82) is 0 Å². The Labute approximate surface area is 171 Å². The molecule has 0 aromatic heterocycles. The van der Waals surface area contributed by atoms with Crippen molar-refractivity contribution in [2.75, 3.05) is 19.8 Å². The quantitative estimate of drug-likeness (QED) is 0.621. The van der Waals surface area contributed by atoms with Crippen LogP contribution in [0.15, 0.2) is 18.2 Å². The standard InChI is InChI=1S/C18H26Cl2N2O3.ClH/c1-4-24-15-11-18(21,17(15,2)3)16(23)22-8-5-9-25-14-7-6-12(19)10-13(14)20;/h6-7,10,15H,4-5,8-9,11,21H2,1-3H3,(H,22,23);1H. The van der Waals surface area contributed by atoms with Gasteiger partial charge in [0.1, 0.15) is 11.3 Å². The Hall–Kier alpha value is -0.720. The van der Waals surface area contributed by atoms with Gasteiger partial charge in [-0.3, -0.25) is 4.79 Å². The number of benzene rings is 1. The van der Waals surface area contributed by atoms with Crippen molar-refractivity contribution in [3.05, 3.63) is 28.2 Å². The molecule has 2 unspecified atom stereocenters. The maximum Gasteiger partial charge on any atom is 0.240 e. The SMILES string of the molecule is CCOC1CC(N)(C(=O)NCCCOc2ccc(Cl)cc2Cl)C1(C)C.Cl. The van der Waals surface area contributed by atoms with Crippen LogP contribution < -0.4 is 15.8 Å². The number of ether oxygens (including phenoxy) is 2. The fraction of sp³-hybridized carbons (Fsp3) is 0.611. The van der Waals surface area contributed by atoms with Gasteiger partial charge in [-0.1, -0.05) is 37.0 Å². The summed E-state index contributed by atoms with van der Waals surface area (Å²) < 4.78 is 11.2. The first-order valence-corrected chi connectivity index (χ1v) is 9.24. The number of nitrogens with two attached hydrogens (primary N) is 1. The number of halogens is 3. The smallest absolute Gasteiger partial charge is 0.240 e. The average Bonchev–Trinajstić information content (AvgIpc) is 2.55. The molecule has 1 aliphatic rings. The fourth-order valence-electron chi connectivity index (χ4n) is 3.03. The van der Waals surface area contributed by atoms with Gasteiger partial charge in [0.05, 0.1) is 17.7 Å². The van der Waals surface area contributed by atoms with Crippen molar-refractivity contribution in [3.63, 3.8) is 0 Å². The van der Waals surface area contributed by atoms with Crippen molar-refractivity contribution in [1.82, 2.24) is 5.32 Å². The van der Waals surface area contributed by atoms with Crippen LogP contribution in [0.25, 0.3) is 0 Å². The van der Waals surface area contributed by atoms with Crippen LogP contribution in [0, 0.1) is 5.41 Å². The predicted molar refractivity (Wildman–Crippen MR) is 108 cm³/mol. The predicted octanol–water partition coefficient (Wildman–Crippen LogP) is 3.83. The Morgan fingerprint density at radius 3 is 2.65 bits per heavy atom. The summed E-state index contributed by atoms with van der Waals surface area (Å²) in [4.78, 5) is 12.5. The molecular weight excluding hydrogens is 399 g/mol. The first-order valence-electron chi connectivity index (χ1n) is 8.49. The van der Waals surface area contributed by atoms with Gasteiger partial charge in [-0.15, -0.1) is 12.4 Å². The number of nitrogens with one attached hydrogen (secondary N) is 1. The summed E-state index contributed by atoms with van der Waals surface area (Å²) in [6.45, 7) is 7.43. The fourth-order valence-corrected chi connectivity index (χ4v) is 3.49. The Morgan fingerprint density at radius 2 is 2.08 bits per heavy atom. The van der Waals surface area contributed by atoms with Crippen LogP contribution in [0.2, 0.25) is 10.0 Å². The van der Waals surface area contributed by atoms with Crippen LogP contribution in [0.5, 0.6) is 5.75 Å². The molecule has 0 bridgehead atoms. The second kappa shape index (κ2) is 9.47. The van der Waals surface area contributed by atoms with Crippen LogP contribution in [0.3, 0.4) is 0 Å². The molecule has 0 heterocycles. The summed E-state index contributed by atoms with van der Waals surface area (Å²) in [7, 11) is 0. The highest BCUT2D eigenvalue weighted by atomic mass is 35.5. The second-order valence-corrected chi connectivity index (χ2v) is 7.72. The maximum absolute atomic E-state index is 12.5. The molecule has 1 fully saturated rings. The summed E-state index contributed by atoms with van der Waals surface area (Å²) in [5.41, 5.74) is 5.05. The summed E-state index contributed by atoms with van der Waals surface area (Å²) in [6, 6.07) is 5.07. The minimum Gasteiger partial charge on any atom is -0.492 e. The molecule has 5 nitrogen and oxygen atoms in total. The van der Waals surface area contributed by atoms with Crippen molar-refractivity contribution in [3.8, 4) is 5.75 Å². The van der Waals surface area contributed by atoms with Gasteiger partial charge in [-0.25, -0.2) is 0 Å². The highest BCUT2D eigenvalue weighted by Gasteiger charge is 2.62. The summed E-state index contributed by atoms with van der Waals surface area (Å²) in [5, 5.41) is 3.93. The summed E-state index contributed by atoms with van der Waals surface area (Å²) in [5.74, 6) is 0.436. The third kappa shape index (κ3) is 4.76. The molecule has 0 saturated heterocycles. The Kier molecular flexibility index (Phi) is 8.49. The molecule has 1 aromatic carbocycles. The van der Waals surface area contributed by atoms with Crippen LogP contribution in [-0.4, -0.2) is 37.3 Å². The minimum absolute atomic E-state index is 0. The van der Waals surface area contributed by atoms with Crippen molar-refractivity contribution in [2.45, 2.75) is 45.3 Å². The molecule has 148 valence electrons. The number of rotatable bonds is 8. The van der Waals surface area contributed by atoms with Gasteiger partial charge in [0, 0.05) is 30.0 Å². The molecule has 2 atom stereocenters.